The summed E-state index contributed by atoms with van der Waals surface area (Å²) in [6.45, 7) is 2.10. The molecule has 25 heavy (non-hydrogen) atoms. The highest BCUT2D eigenvalue weighted by Crippen LogP contribution is 2.28. The Kier molecular flexibility index (Phi) is 3.82. The number of aromatic nitrogens is 1. The van der Waals surface area contributed by atoms with Gasteiger partial charge in [-0.15, -0.1) is 0 Å². The van der Waals surface area contributed by atoms with Gasteiger partial charge in [0.05, 0.1) is 16.9 Å². The first-order chi connectivity index (χ1) is 12.2. The molecule has 4 aromatic rings. The largest absolute Gasteiger partial charge is 0.320 e. The van der Waals surface area contributed by atoms with E-state index in [1.807, 2.05) is 66.7 Å². The molecule has 0 saturated heterocycles. The van der Waals surface area contributed by atoms with Crippen LogP contribution in [0.25, 0.3) is 16.6 Å². The fraction of sp³-hybridized carbons (Fsp3) is 0.0455. The zero-order valence-corrected chi connectivity index (χ0v) is 13.9. The molecule has 4 rings (SSSR count). The standard InChI is InChI=1S/C22H18N2O/c1-16-15-24(20-13-7-5-11-18(16)20)21-14-8-6-12-19(21)23-22(25)17-9-3-2-4-10-17/h2-15H,1H3,(H,23,25). The molecule has 1 aromatic heterocycles. The van der Waals surface area contributed by atoms with Crippen molar-refractivity contribution in [1.29, 1.82) is 0 Å². The number of hydrogen-bond donors (Lipinski definition) is 1. The van der Waals surface area contributed by atoms with Gasteiger partial charge in [0.25, 0.3) is 5.91 Å². The summed E-state index contributed by atoms with van der Waals surface area (Å²) in [7, 11) is 0. The van der Waals surface area contributed by atoms with Crippen LogP contribution in [-0.2, 0) is 0 Å². The van der Waals surface area contributed by atoms with Crippen LogP contribution < -0.4 is 5.32 Å². The fourth-order valence-electron chi connectivity index (χ4n) is 3.12. The van der Waals surface area contributed by atoms with Crippen LogP contribution in [0.15, 0.2) is 85.1 Å². The first-order valence-electron chi connectivity index (χ1n) is 8.26. The molecule has 122 valence electrons. The molecule has 0 aliphatic carbocycles. The third-order valence-corrected chi connectivity index (χ3v) is 4.36. The highest BCUT2D eigenvalue weighted by Gasteiger charge is 2.12. The first kappa shape index (κ1) is 15.2. The number of anilines is 1. The molecular weight excluding hydrogens is 308 g/mol. The number of rotatable bonds is 3. The van der Waals surface area contributed by atoms with Crippen LogP contribution in [-0.4, -0.2) is 10.5 Å². The van der Waals surface area contributed by atoms with Gasteiger partial charge in [0.15, 0.2) is 0 Å². The summed E-state index contributed by atoms with van der Waals surface area (Å²) >= 11 is 0. The molecule has 1 amide bonds. The first-order valence-corrected chi connectivity index (χ1v) is 8.26. The Morgan fingerprint density at radius 1 is 0.840 bits per heavy atom. The second-order valence-electron chi connectivity index (χ2n) is 6.04. The number of fused-ring (bicyclic) bond motifs is 1. The topological polar surface area (TPSA) is 34.0 Å². The number of benzene rings is 3. The van der Waals surface area contributed by atoms with Gasteiger partial charge in [0, 0.05) is 17.1 Å². The Bertz CT molecular complexity index is 1050. The van der Waals surface area contributed by atoms with Crippen LogP contribution in [0.5, 0.6) is 0 Å². The van der Waals surface area contributed by atoms with E-state index in [1.54, 1.807) is 0 Å². The molecule has 0 saturated carbocycles. The monoisotopic (exact) mass is 326 g/mol. The Hall–Kier alpha value is -3.33. The lowest BCUT2D eigenvalue weighted by Crippen LogP contribution is -2.13. The minimum absolute atomic E-state index is 0.110. The number of para-hydroxylation sites is 3. The number of aryl methyl sites for hydroxylation is 1. The lowest BCUT2D eigenvalue weighted by molar-refractivity contribution is 0.102. The van der Waals surface area contributed by atoms with Crippen LogP contribution in [0.4, 0.5) is 5.69 Å². The Labute approximate surface area is 146 Å². The Balaban J connectivity index is 1.78. The predicted molar refractivity (Wildman–Crippen MR) is 102 cm³/mol. The third-order valence-electron chi connectivity index (χ3n) is 4.36. The maximum atomic E-state index is 12.5. The molecule has 0 fully saturated rings. The van der Waals surface area contributed by atoms with Crippen molar-refractivity contribution in [2.24, 2.45) is 0 Å². The molecule has 3 heteroatoms. The van der Waals surface area contributed by atoms with Gasteiger partial charge in [-0.1, -0.05) is 48.5 Å². The second kappa shape index (κ2) is 6.29. The minimum Gasteiger partial charge on any atom is -0.320 e. The van der Waals surface area contributed by atoms with E-state index in [0.29, 0.717) is 5.56 Å². The summed E-state index contributed by atoms with van der Waals surface area (Å²) < 4.78 is 2.13. The highest BCUT2D eigenvalue weighted by atomic mass is 16.1. The third kappa shape index (κ3) is 2.81. The number of carbonyl (C=O) groups is 1. The van der Waals surface area contributed by atoms with Crippen molar-refractivity contribution in [1.82, 2.24) is 4.57 Å². The zero-order valence-electron chi connectivity index (χ0n) is 13.9. The molecule has 0 aliphatic rings. The van der Waals surface area contributed by atoms with E-state index in [0.717, 1.165) is 16.9 Å². The molecule has 3 nitrogen and oxygen atoms in total. The normalized spacial score (nSPS) is 10.8. The van der Waals surface area contributed by atoms with Crippen LogP contribution >= 0.6 is 0 Å². The molecule has 3 aromatic carbocycles. The van der Waals surface area contributed by atoms with Gasteiger partial charge in [-0.25, -0.2) is 0 Å². The van der Waals surface area contributed by atoms with Crippen molar-refractivity contribution in [2.75, 3.05) is 5.32 Å². The average Bonchev–Trinajstić information content (AvgIpc) is 3.00. The maximum absolute atomic E-state index is 12.5. The number of nitrogens with zero attached hydrogens (tertiary/aromatic N) is 1. The minimum atomic E-state index is -0.110. The Morgan fingerprint density at radius 3 is 2.36 bits per heavy atom. The summed E-state index contributed by atoms with van der Waals surface area (Å²) in [6.07, 6.45) is 2.11. The van der Waals surface area contributed by atoms with Gasteiger partial charge in [0.1, 0.15) is 0 Å². The number of nitrogens with one attached hydrogen (secondary N) is 1. The average molecular weight is 326 g/mol. The van der Waals surface area contributed by atoms with Gasteiger partial charge < -0.3 is 9.88 Å². The summed E-state index contributed by atoms with van der Waals surface area (Å²) in [5.74, 6) is -0.110. The molecule has 1 N–H and O–H groups in total. The van der Waals surface area contributed by atoms with Gasteiger partial charge in [-0.2, -0.15) is 0 Å². The second-order valence-corrected chi connectivity index (χ2v) is 6.04. The van der Waals surface area contributed by atoms with E-state index in [9.17, 15) is 4.79 Å². The van der Waals surface area contributed by atoms with Crippen molar-refractivity contribution in [3.8, 4) is 5.69 Å². The lowest BCUT2D eigenvalue weighted by Gasteiger charge is -2.13. The van der Waals surface area contributed by atoms with Crippen molar-refractivity contribution in [2.45, 2.75) is 6.92 Å². The van der Waals surface area contributed by atoms with E-state index >= 15 is 0 Å². The summed E-state index contributed by atoms with van der Waals surface area (Å²) in [6, 6.07) is 25.4. The highest BCUT2D eigenvalue weighted by molar-refractivity contribution is 6.05. The molecular formula is C22H18N2O. The van der Waals surface area contributed by atoms with E-state index in [4.69, 9.17) is 0 Å². The van der Waals surface area contributed by atoms with Crippen molar-refractivity contribution >= 4 is 22.5 Å². The number of amides is 1. The number of carbonyl (C=O) groups excluding carboxylic acids is 1. The fourth-order valence-corrected chi connectivity index (χ4v) is 3.12. The quantitative estimate of drug-likeness (QED) is 0.552. The van der Waals surface area contributed by atoms with Crippen LogP contribution in [0.1, 0.15) is 15.9 Å². The van der Waals surface area contributed by atoms with Crippen LogP contribution in [0, 0.1) is 6.92 Å². The molecule has 0 radical (unpaired) electrons. The van der Waals surface area contributed by atoms with Gasteiger partial charge in [-0.05, 0) is 42.8 Å². The molecule has 0 aliphatic heterocycles. The van der Waals surface area contributed by atoms with Crippen molar-refractivity contribution < 1.29 is 4.79 Å². The van der Waals surface area contributed by atoms with Crippen LogP contribution in [0.2, 0.25) is 0 Å². The molecule has 0 unspecified atom stereocenters. The van der Waals surface area contributed by atoms with Crippen LogP contribution in [0.3, 0.4) is 0 Å². The SMILES string of the molecule is Cc1cn(-c2ccccc2NC(=O)c2ccccc2)c2ccccc12. The number of hydrogen-bond acceptors (Lipinski definition) is 1. The molecule has 0 spiro atoms. The smallest absolute Gasteiger partial charge is 0.255 e. The Morgan fingerprint density at radius 2 is 1.52 bits per heavy atom. The van der Waals surface area contributed by atoms with Gasteiger partial charge in [-0.3, -0.25) is 4.79 Å². The predicted octanol–water partition coefficient (Wildman–Crippen LogP) is 5.19. The summed E-state index contributed by atoms with van der Waals surface area (Å²) in [5.41, 5.74) is 4.72. The van der Waals surface area contributed by atoms with E-state index in [1.165, 1.54) is 10.9 Å². The molecule has 0 bridgehead atoms. The maximum Gasteiger partial charge on any atom is 0.255 e. The summed E-state index contributed by atoms with van der Waals surface area (Å²) in [4.78, 5) is 12.5. The van der Waals surface area contributed by atoms with Crippen molar-refractivity contribution in [3.05, 3.63) is 96.2 Å². The van der Waals surface area contributed by atoms with E-state index in [2.05, 4.69) is 35.1 Å². The van der Waals surface area contributed by atoms with Gasteiger partial charge in [0.2, 0.25) is 0 Å². The molecule has 0 atom stereocenters. The summed E-state index contributed by atoms with van der Waals surface area (Å²) in [5, 5.41) is 4.25. The van der Waals surface area contributed by atoms with E-state index < -0.39 is 0 Å². The zero-order chi connectivity index (χ0) is 17.2. The van der Waals surface area contributed by atoms with E-state index in [-0.39, 0.29) is 5.91 Å². The van der Waals surface area contributed by atoms with Crippen molar-refractivity contribution in [3.63, 3.8) is 0 Å². The van der Waals surface area contributed by atoms with Gasteiger partial charge >= 0.3 is 0 Å². The lowest BCUT2D eigenvalue weighted by atomic mass is 10.2. The molecule has 1 heterocycles.